The van der Waals surface area contributed by atoms with E-state index in [1.807, 2.05) is 13.0 Å². The number of halogens is 2. The molecule has 1 fully saturated rings. The lowest BCUT2D eigenvalue weighted by Gasteiger charge is -2.32. The van der Waals surface area contributed by atoms with E-state index >= 15 is 0 Å². The van der Waals surface area contributed by atoms with Crippen molar-refractivity contribution in [2.75, 3.05) is 12.4 Å². The number of nitrogens with one attached hydrogen (secondary N) is 1. The highest BCUT2D eigenvalue weighted by atomic mass is 79.9. The zero-order valence-electron chi connectivity index (χ0n) is 10.8. The highest BCUT2D eigenvalue weighted by Gasteiger charge is 2.25. The first-order valence-corrected chi connectivity index (χ1v) is 7.16. The van der Waals surface area contributed by atoms with Gasteiger partial charge in [0.1, 0.15) is 5.82 Å². The molecule has 1 aromatic carbocycles. The van der Waals surface area contributed by atoms with Gasteiger partial charge in [-0.2, -0.15) is 0 Å². The highest BCUT2D eigenvalue weighted by molar-refractivity contribution is 9.10. The molecule has 100 valence electrons. The topological polar surface area (TPSA) is 21.3 Å². The van der Waals surface area contributed by atoms with Crippen LogP contribution in [0.15, 0.2) is 16.6 Å². The Bertz CT molecular complexity index is 425. The average molecular weight is 316 g/mol. The number of hydrogen-bond donors (Lipinski definition) is 1. The summed E-state index contributed by atoms with van der Waals surface area (Å²) in [5.74, 6) is -0.218. The third kappa shape index (κ3) is 3.04. The van der Waals surface area contributed by atoms with E-state index < -0.39 is 0 Å². The second-order valence-electron chi connectivity index (χ2n) is 4.89. The Labute approximate surface area is 116 Å². The quantitative estimate of drug-likeness (QED) is 0.899. The summed E-state index contributed by atoms with van der Waals surface area (Å²) in [6.45, 7) is 1.92. The number of hydrogen-bond acceptors (Lipinski definition) is 2. The van der Waals surface area contributed by atoms with Crippen LogP contribution in [0.1, 0.15) is 31.2 Å². The average Bonchev–Trinajstić information content (AvgIpc) is 2.36. The van der Waals surface area contributed by atoms with Gasteiger partial charge >= 0.3 is 0 Å². The molecule has 4 heteroatoms. The van der Waals surface area contributed by atoms with Gasteiger partial charge in [0.05, 0.1) is 16.6 Å². The van der Waals surface area contributed by atoms with Crippen LogP contribution in [0.4, 0.5) is 10.1 Å². The van der Waals surface area contributed by atoms with E-state index in [9.17, 15) is 4.39 Å². The Kier molecular flexibility index (Phi) is 4.62. The summed E-state index contributed by atoms with van der Waals surface area (Å²) in [6, 6.07) is 3.68. The molecular weight excluding hydrogens is 297 g/mol. The van der Waals surface area contributed by atoms with Gasteiger partial charge in [-0.3, -0.25) is 0 Å². The minimum atomic E-state index is -0.218. The van der Waals surface area contributed by atoms with Crippen LogP contribution in [0.5, 0.6) is 0 Å². The first kappa shape index (κ1) is 13.8. The number of methoxy groups -OCH3 is 1. The lowest BCUT2D eigenvalue weighted by Crippen LogP contribution is -2.37. The molecule has 2 unspecified atom stereocenters. The van der Waals surface area contributed by atoms with Crippen molar-refractivity contribution in [3.8, 4) is 0 Å². The molecule has 0 spiro atoms. The maximum absolute atomic E-state index is 13.4. The standard InChI is InChI=1S/C14H19BrFNO/c1-9-7-11(16)10(15)8-13(9)17-12-5-3-4-6-14(12)18-2/h7-8,12,14,17H,3-6H2,1-2H3. The van der Waals surface area contributed by atoms with Crippen LogP contribution in [0, 0.1) is 12.7 Å². The molecule has 0 amide bonds. The molecule has 2 atom stereocenters. The Balaban J connectivity index is 2.15. The maximum Gasteiger partial charge on any atom is 0.137 e. The van der Waals surface area contributed by atoms with Crippen LogP contribution < -0.4 is 5.32 Å². The minimum absolute atomic E-state index is 0.218. The SMILES string of the molecule is COC1CCCCC1Nc1cc(Br)c(F)cc1C. The second-order valence-corrected chi connectivity index (χ2v) is 5.75. The first-order chi connectivity index (χ1) is 8.61. The van der Waals surface area contributed by atoms with Crippen LogP contribution in [-0.2, 0) is 4.74 Å². The second kappa shape index (κ2) is 6.02. The fraction of sp³-hybridized carbons (Fsp3) is 0.571. The largest absolute Gasteiger partial charge is 0.379 e. The molecule has 0 aromatic heterocycles. The van der Waals surface area contributed by atoms with E-state index in [4.69, 9.17) is 4.74 Å². The van der Waals surface area contributed by atoms with Gasteiger partial charge in [0.25, 0.3) is 0 Å². The van der Waals surface area contributed by atoms with E-state index in [1.165, 1.54) is 12.8 Å². The van der Waals surface area contributed by atoms with Crippen LogP contribution in [0.3, 0.4) is 0 Å². The summed E-state index contributed by atoms with van der Waals surface area (Å²) in [4.78, 5) is 0. The molecule has 1 aliphatic carbocycles. The van der Waals surface area contributed by atoms with Crippen molar-refractivity contribution in [3.05, 3.63) is 28.0 Å². The Hall–Kier alpha value is -0.610. The van der Waals surface area contributed by atoms with Crippen molar-refractivity contribution in [3.63, 3.8) is 0 Å². The molecule has 0 bridgehead atoms. The smallest absolute Gasteiger partial charge is 0.137 e. The van der Waals surface area contributed by atoms with E-state index in [1.54, 1.807) is 13.2 Å². The van der Waals surface area contributed by atoms with Gasteiger partial charge in [-0.1, -0.05) is 12.8 Å². The highest BCUT2D eigenvalue weighted by Crippen LogP contribution is 2.28. The number of benzene rings is 1. The van der Waals surface area contributed by atoms with Crippen LogP contribution in [-0.4, -0.2) is 19.3 Å². The fourth-order valence-corrected chi connectivity index (χ4v) is 2.89. The third-order valence-corrected chi connectivity index (χ3v) is 4.22. The zero-order valence-corrected chi connectivity index (χ0v) is 12.4. The Morgan fingerprint density at radius 3 is 2.78 bits per heavy atom. The van der Waals surface area contributed by atoms with Crippen LogP contribution >= 0.6 is 15.9 Å². The lowest BCUT2D eigenvalue weighted by molar-refractivity contribution is 0.0606. The molecular formula is C14H19BrFNO. The van der Waals surface area contributed by atoms with Gasteiger partial charge in [-0.05, 0) is 53.4 Å². The normalized spacial score (nSPS) is 24.0. The van der Waals surface area contributed by atoms with E-state index in [2.05, 4.69) is 21.2 Å². The molecule has 18 heavy (non-hydrogen) atoms. The predicted octanol–water partition coefficient (Wildman–Crippen LogP) is 4.27. The fourth-order valence-electron chi connectivity index (χ4n) is 2.55. The maximum atomic E-state index is 13.4. The molecule has 0 heterocycles. The van der Waals surface area contributed by atoms with Crippen molar-refractivity contribution >= 4 is 21.6 Å². The molecule has 2 rings (SSSR count). The molecule has 0 aliphatic heterocycles. The molecule has 1 aromatic rings. The minimum Gasteiger partial charge on any atom is -0.379 e. The molecule has 0 radical (unpaired) electrons. The molecule has 2 nitrogen and oxygen atoms in total. The Morgan fingerprint density at radius 1 is 1.33 bits per heavy atom. The van der Waals surface area contributed by atoms with Crippen molar-refractivity contribution in [2.45, 2.75) is 44.8 Å². The monoisotopic (exact) mass is 315 g/mol. The summed E-state index contributed by atoms with van der Waals surface area (Å²) in [7, 11) is 1.76. The molecule has 0 saturated heterocycles. The van der Waals surface area contributed by atoms with Crippen molar-refractivity contribution in [1.29, 1.82) is 0 Å². The molecule has 1 N–H and O–H groups in total. The van der Waals surface area contributed by atoms with Crippen LogP contribution in [0.2, 0.25) is 0 Å². The predicted molar refractivity (Wildman–Crippen MR) is 75.5 cm³/mol. The summed E-state index contributed by atoms with van der Waals surface area (Å²) in [5, 5.41) is 3.50. The van der Waals surface area contributed by atoms with Gasteiger partial charge in [-0.25, -0.2) is 4.39 Å². The van der Waals surface area contributed by atoms with E-state index in [0.717, 1.165) is 24.1 Å². The molecule has 1 saturated carbocycles. The molecule has 1 aliphatic rings. The van der Waals surface area contributed by atoms with Crippen molar-refractivity contribution in [1.82, 2.24) is 0 Å². The Morgan fingerprint density at radius 2 is 2.06 bits per heavy atom. The van der Waals surface area contributed by atoms with Crippen molar-refractivity contribution < 1.29 is 9.13 Å². The summed E-state index contributed by atoms with van der Waals surface area (Å²) < 4.78 is 19.4. The van der Waals surface area contributed by atoms with Gasteiger partial charge in [0.2, 0.25) is 0 Å². The number of aryl methyl sites for hydroxylation is 1. The first-order valence-electron chi connectivity index (χ1n) is 6.37. The number of anilines is 1. The summed E-state index contributed by atoms with van der Waals surface area (Å²) in [6.07, 6.45) is 4.89. The number of rotatable bonds is 3. The summed E-state index contributed by atoms with van der Waals surface area (Å²) in [5.41, 5.74) is 1.91. The van der Waals surface area contributed by atoms with Gasteiger partial charge in [0.15, 0.2) is 0 Å². The van der Waals surface area contributed by atoms with Gasteiger partial charge in [0, 0.05) is 12.8 Å². The van der Waals surface area contributed by atoms with Crippen molar-refractivity contribution in [2.24, 2.45) is 0 Å². The van der Waals surface area contributed by atoms with E-state index in [-0.39, 0.29) is 11.9 Å². The summed E-state index contributed by atoms with van der Waals surface area (Å²) >= 11 is 3.23. The van der Waals surface area contributed by atoms with Crippen LogP contribution in [0.25, 0.3) is 0 Å². The number of ether oxygens (including phenoxy) is 1. The third-order valence-electron chi connectivity index (χ3n) is 3.61. The van der Waals surface area contributed by atoms with E-state index in [0.29, 0.717) is 10.5 Å². The zero-order chi connectivity index (χ0) is 13.1. The van der Waals surface area contributed by atoms with Gasteiger partial charge < -0.3 is 10.1 Å². The van der Waals surface area contributed by atoms with Gasteiger partial charge in [-0.15, -0.1) is 0 Å². The lowest BCUT2D eigenvalue weighted by atomic mass is 9.92.